The molecule has 1 aromatic heterocycles. The van der Waals surface area contributed by atoms with E-state index in [0.717, 1.165) is 21.0 Å². The fourth-order valence-corrected chi connectivity index (χ4v) is 2.80. The van der Waals surface area contributed by atoms with Crippen molar-refractivity contribution in [1.29, 1.82) is 0 Å². The van der Waals surface area contributed by atoms with E-state index >= 15 is 0 Å². The predicted molar refractivity (Wildman–Crippen MR) is 99.7 cm³/mol. The van der Waals surface area contributed by atoms with Crippen LogP contribution in [0.2, 0.25) is 0 Å². The molecule has 2 N–H and O–H groups in total. The van der Waals surface area contributed by atoms with Crippen LogP contribution in [0.25, 0.3) is 17.0 Å². The number of furan rings is 1. The summed E-state index contributed by atoms with van der Waals surface area (Å²) in [4.78, 5) is 24.1. The predicted octanol–water partition coefficient (Wildman–Crippen LogP) is 3.98. The molecule has 3 aromatic rings. The maximum absolute atomic E-state index is 12.2. The molecule has 2 aromatic carbocycles. The number of para-hydroxylation sites is 1. The normalized spacial score (nSPS) is 11.0. The second-order valence-corrected chi connectivity index (χ2v) is 6.20. The molecule has 0 fully saturated rings. The van der Waals surface area contributed by atoms with Crippen molar-refractivity contribution in [2.24, 2.45) is 0 Å². The lowest BCUT2D eigenvalue weighted by atomic mass is 10.1. The molecular formula is C19H15BrN2O3. The molecule has 3 rings (SSSR count). The smallest absolute Gasteiger partial charge is 0.305 e. The first-order valence-corrected chi connectivity index (χ1v) is 8.36. The van der Waals surface area contributed by atoms with Crippen molar-refractivity contribution >= 4 is 44.8 Å². The Morgan fingerprint density at radius 2 is 1.76 bits per heavy atom. The van der Waals surface area contributed by atoms with Crippen molar-refractivity contribution in [2.45, 2.75) is 6.92 Å². The largest absolute Gasteiger partial charge is 0.451 e. The van der Waals surface area contributed by atoms with Crippen molar-refractivity contribution in [2.75, 3.05) is 0 Å². The molecule has 0 unspecified atom stereocenters. The van der Waals surface area contributed by atoms with Crippen LogP contribution in [0.15, 0.2) is 63.5 Å². The van der Waals surface area contributed by atoms with E-state index in [2.05, 4.69) is 26.8 Å². The molecule has 0 saturated carbocycles. The molecule has 0 aliphatic carbocycles. The first kappa shape index (κ1) is 17.0. The summed E-state index contributed by atoms with van der Waals surface area (Å²) in [6, 6.07) is 14.9. The molecule has 0 aliphatic rings. The lowest BCUT2D eigenvalue weighted by molar-refractivity contribution is -0.117. The minimum Gasteiger partial charge on any atom is -0.451 e. The van der Waals surface area contributed by atoms with Crippen LogP contribution in [0.5, 0.6) is 0 Å². The van der Waals surface area contributed by atoms with Gasteiger partial charge in [0.25, 0.3) is 5.91 Å². The third kappa shape index (κ3) is 3.80. The van der Waals surface area contributed by atoms with Crippen LogP contribution in [0.4, 0.5) is 0 Å². The lowest BCUT2D eigenvalue weighted by Gasteiger charge is -2.04. The van der Waals surface area contributed by atoms with E-state index in [1.807, 2.05) is 42.5 Å². The van der Waals surface area contributed by atoms with Gasteiger partial charge in [-0.3, -0.25) is 20.4 Å². The van der Waals surface area contributed by atoms with Gasteiger partial charge < -0.3 is 4.42 Å². The van der Waals surface area contributed by atoms with Gasteiger partial charge in [0.05, 0.1) is 0 Å². The Morgan fingerprint density at radius 1 is 1.04 bits per heavy atom. The topological polar surface area (TPSA) is 71.3 Å². The highest BCUT2D eigenvalue weighted by atomic mass is 79.9. The maximum atomic E-state index is 12.2. The zero-order valence-electron chi connectivity index (χ0n) is 13.4. The summed E-state index contributed by atoms with van der Waals surface area (Å²) in [5.41, 5.74) is 6.91. The Labute approximate surface area is 152 Å². The number of fused-ring (bicyclic) bond motifs is 1. The average molecular weight is 399 g/mol. The number of hydrazine groups is 1. The van der Waals surface area contributed by atoms with Crippen LogP contribution in [0.1, 0.15) is 21.7 Å². The molecule has 1 heterocycles. The van der Waals surface area contributed by atoms with Gasteiger partial charge in [-0.05, 0) is 30.7 Å². The Hall–Kier alpha value is -2.86. The highest BCUT2D eigenvalue weighted by molar-refractivity contribution is 9.10. The van der Waals surface area contributed by atoms with E-state index in [1.54, 1.807) is 19.1 Å². The first-order valence-electron chi connectivity index (χ1n) is 7.57. The van der Waals surface area contributed by atoms with E-state index in [1.165, 1.54) is 6.08 Å². The second kappa shape index (κ2) is 7.36. The Morgan fingerprint density at radius 3 is 2.52 bits per heavy atom. The number of hydrogen-bond acceptors (Lipinski definition) is 3. The zero-order valence-corrected chi connectivity index (χ0v) is 15.0. The first-order chi connectivity index (χ1) is 12.1. The number of carbonyl (C=O) groups excluding carboxylic acids is 2. The molecule has 0 aliphatic heterocycles. The summed E-state index contributed by atoms with van der Waals surface area (Å²) < 4.78 is 6.43. The number of hydrogen-bond donors (Lipinski definition) is 2. The highest BCUT2D eigenvalue weighted by Crippen LogP contribution is 2.24. The monoisotopic (exact) mass is 398 g/mol. The van der Waals surface area contributed by atoms with Crippen LogP contribution in [-0.4, -0.2) is 11.8 Å². The van der Waals surface area contributed by atoms with Crippen molar-refractivity contribution in [1.82, 2.24) is 10.9 Å². The van der Waals surface area contributed by atoms with Crippen molar-refractivity contribution < 1.29 is 14.0 Å². The van der Waals surface area contributed by atoms with Gasteiger partial charge in [-0.2, -0.15) is 0 Å². The second-order valence-electron chi connectivity index (χ2n) is 5.35. The quantitative estimate of drug-likeness (QED) is 0.517. The number of aryl methyl sites for hydroxylation is 1. The minimum absolute atomic E-state index is 0.177. The van der Waals surface area contributed by atoms with E-state index in [4.69, 9.17) is 4.42 Å². The molecule has 2 amide bonds. The van der Waals surface area contributed by atoms with Gasteiger partial charge in [-0.25, -0.2) is 0 Å². The SMILES string of the molecule is Cc1c(C(=O)NNC(=O)/C=C/c2ccccc2Br)oc2ccccc12. The summed E-state index contributed by atoms with van der Waals surface area (Å²) in [6.45, 7) is 1.80. The van der Waals surface area contributed by atoms with Crippen molar-refractivity contribution in [3.63, 3.8) is 0 Å². The molecular weight excluding hydrogens is 384 g/mol. The summed E-state index contributed by atoms with van der Waals surface area (Å²) >= 11 is 3.40. The molecule has 0 atom stereocenters. The van der Waals surface area contributed by atoms with Crippen LogP contribution >= 0.6 is 15.9 Å². The van der Waals surface area contributed by atoms with Crippen molar-refractivity contribution in [3.8, 4) is 0 Å². The molecule has 0 spiro atoms. The maximum Gasteiger partial charge on any atom is 0.305 e. The fraction of sp³-hybridized carbons (Fsp3) is 0.0526. The third-order valence-corrected chi connectivity index (χ3v) is 4.39. The number of benzene rings is 2. The van der Waals surface area contributed by atoms with E-state index in [9.17, 15) is 9.59 Å². The van der Waals surface area contributed by atoms with Crippen LogP contribution < -0.4 is 10.9 Å². The van der Waals surface area contributed by atoms with Crippen LogP contribution in [-0.2, 0) is 4.79 Å². The average Bonchev–Trinajstić information content (AvgIpc) is 2.96. The number of nitrogens with one attached hydrogen (secondary N) is 2. The van der Waals surface area contributed by atoms with Crippen LogP contribution in [0.3, 0.4) is 0 Å². The van der Waals surface area contributed by atoms with Gasteiger partial charge >= 0.3 is 5.91 Å². The van der Waals surface area contributed by atoms with Gasteiger partial charge in [0.15, 0.2) is 5.76 Å². The fourth-order valence-electron chi connectivity index (χ4n) is 2.38. The summed E-state index contributed by atoms with van der Waals surface area (Å²) in [6.07, 6.45) is 2.99. The summed E-state index contributed by atoms with van der Waals surface area (Å²) in [7, 11) is 0. The van der Waals surface area contributed by atoms with Crippen molar-refractivity contribution in [3.05, 3.63) is 76.0 Å². The lowest BCUT2D eigenvalue weighted by Crippen LogP contribution is -2.40. The molecule has 6 heteroatoms. The number of rotatable bonds is 3. The highest BCUT2D eigenvalue weighted by Gasteiger charge is 2.17. The minimum atomic E-state index is -0.503. The van der Waals surface area contributed by atoms with Gasteiger partial charge in [0.2, 0.25) is 0 Å². The molecule has 5 nitrogen and oxygen atoms in total. The Kier molecular flexibility index (Phi) is 5.00. The number of amides is 2. The number of carbonyl (C=O) groups is 2. The van der Waals surface area contributed by atoms with E-state index in [-0.39, 0.29) is 5.76 Å². The Balaban J connectivity index is 1.64. The standard InChI is InChI=1S/C19H15BrN2O3/c1-12-14-7-3-5-9-16(14)25-18(12)19(24)22-21-17(23)11-10-13-6-2-4-8-15(13)20/h2-11H,1H3,(H,21,23)(H,22,24)/b11-10+. The third-order valence-electron chi connectivity index (χ3n) is 3.67. The van der Waals surface area contributed by atoms with Crippen LogP contribution in [0, 0.1) is 6.92 Å². The van der Waals surface area contributed by atoms with Gasteiger partial charge in [0, 0.05) is 21.5 Å². The van der Waals surface area contributed by atoms with E-state index in [0.29, 0.717) is 5.58 Å². The zero-order chi connectivity index (χ0) is 17.8. The van der Waals surface area contributed by atoms with Gasteiger partial charge in [0.1, 0.15) is 5.58 Å². The molecule has 25 heavy (non-hydrogen) atoms. The van der Waals surface area contributed by atoms with Gasteiger partial charge in [-0.15, -0.1) is 0 Å². The molecule has 126 valence electrons. The Bertz CT molecular complexity index is 976. The van der Waals surface area contributed by atoms with E-state index < -0.39 is 11.8 Å². The molecule has 0 radical (unpaired) electrons. The molecule has 0 bridgehead atoms. The number of halogens is 1. The van der Waals surface area contributed by atoms with Gasteiger partial charge in [-0.1, -0.05) is 52.3 Å². The summed E-state index contributed by atoms with van der Waals surface area (Å²) in [5.74, 6) is -0.773. The molecule has 0 saturated heterocycles. The summed E-state index contributed by atoms with van der Waals surface area (Å²) in [5, 5.41) is 0.868.